The highest BCUT2D eigenvalue weighted by atomic mass is 16.7. The smallest absolute Gasteiger partial charge is 0.310 e. The number of Topliss-reactive ketones (excluding diaryl/α,β-unsaturated/α-hetero) is 1. The minimum atomic E-state index is -0.645. The second-order valence-electron chi connectivity index (χ2n) is 7.36. The minimum Gasteiger partial charge on any atom is -0.493 e. The number of fused-ring (bicyclic) bond motifs is 3. The number of carbonyl (C=O) groups excluding carboxylic acids is 2. The molecule has 2 heterocycles. The maximum absolute atomic E-state index is 13.2. The van der Waals surface area contributed by atoms with Crippen molar-refractivity contribution in [2.24, 2.45) is 11.8 Å². The monoisotopic (exact) mass is 412 g/mol. The first-order chi connectivity index (χ1) is 14.6. The molecule has 3 atom stereocenters. The van der Waals surface area contributed by atoms with Crippen LogP contribution >= 0.6 is 0 Å². The fourth-order valence-electron chi connectivity index (χ4n) is 4.63. The van der Waals surface area contributed by atoms with Crippen molar-refractivity contribution < 1.29 is 38.0 Å². The van der Waals surface area contributed by atoms with Crippen LogP contribution in [0.4, 0.5) is 0 Å². The molecule has 30 heavy (non-hydrogen) atoms. The Morgan fingerprint density at radius 2 is 1.53 bits per heavy atom. The Morgan fingerprint density at radius 1 is 0.867 bits per heavy atom. The number of methoxy groups -OCH3 is 3. The fourth-order valence-corrected chi connectivity index (χ4v) is 4.63. The molecule has 1 fully saturated rings. The third-order valence-electron chi connectivity index (χ3n) is 6.00. The van der Waals surface area contributed by atoms with Gasteiger partial charge in [0.1, 0.15) is 6.61 Å². The van der Waals surface area contributed by atoms with E-state index < -0.39 is 23.7 Å². The van der Waals surface area contributed by atoms with Gasteiger partial charge >= 0.3 is 5.97 Å². The minimum absolute atomic E-state index is 0.0666. The first-order valence-corrected chi connectivity index (χ1v) is 9.51. The lowest BCUT2D eigenvalue weighted by molar-refractivity contribution is -0.141. The molecule has 8 heteroatoms. The van der Waals surface area contributed by atoms with Crippen LogP contribution in [-0.2, 0) is 9.53 Å². The molecule has 8 nitrogen and oxygen atoms in total. The maximum Gasteiger partial charge on any atom is 0.310 e. The van der Waals surface area contributed by atoms with Crippen molar-refractivity contribution in [3.05, 3.63) is 41.0 Å². The Kier molecular flexibility index (Phi) is 4.23. The van der Waals surface area contributed by atoms with Gasteiger partial charge in [-0.05, 0) is 35.4 Å². The van der Waals surface area contributed by atoms with E-state index in [1.54, 1.807) is 24.3 Å². The van der Waals surface area contributed by atoms with Gasteiger partial charge in [0.05, 0.1) is 33.2 Å². The zero-order chi connectivity index (χ0) is 21.0. The van der Waals surface area contributed by atoms with E-state index in [1.165, 1.54) is 21.3 Å². The van der Waals surface area contributed by atoms with E-state index >= 15 is 0 Å². The molecule has 3 aliphatic rings. The normalized spacial score (nSPS) is 23.5. The van der Waals surface area contributed by atoms with Crippen LogP contribution in [-0.4, -0.2) is 46.5 Å². The van der Waals surface area contributed by atoms with Gasteiger partial charge in [0.2, 0.25) is 12.5 Å². The number of carbonyl (C=O) groups is 2. The predicted molar refractivity (Wildman–Crippen MR) is 103 cm³/mol. The Morgan fingerprint density at radius 3 is 2.17 bits per heavy atom. The van der Waals surface area contributed by atoms with Crippen molar-refractivity contribution in [1.29, 1.82) is 0 Å². The number of rotatable bonds is 4. The molecule has 1 saturated heterocycles. The van der Waals surface area contributed by atoms with Gasteiger partial charge in [-0.1, -0.05) is 0 Å². The summed E-state index contributed by atoms with van der Waals surface area (Å²) < 4.78 is 32.7. The summed E-state index contributed by atoms with van der Waals surface area (Å²) in [4.78, 5) is 25.9. The predicted octanol–water partition coefficient (Wildman–Crippen LogP) is 2.56. The van der Waals surface area contributed by atoms with Gasteiger partial charge in [-0.2, -0.15) is 0 Å². The number of hydrogen-bond donors (Lipinski definition) is 0. The van der Waals surface area contributed by atoms with Gasteiger partial charge in [-0.15, -0.1) is 0 Å². The van der Waals surface area contributed by atoms with Gasteiger partial charge < -0.3 is 28.4 Å². The van der Waals surface area contributed by atoms with E-state index in [-0.39, 0.29) is 19.2 Å². The van der Waals surface area contributed by atoms with Crippen molar-refractivity contribution >= 4 is 11.8 Å². The van der Waals surface area contributed by atoms with Gasteiger partial charge in [-0.3, -0.25) is 9.59 Å². The highest BCUT2D eigenvalue weighted by molar-refractivity contribution is 6.05. The number of ether oxygens (including phenoxy) is 6. The molecule has 0 aromatic heterocycles. The fraction of sp³-hybridized carbons (Fsp3) is 0.364. The summed E-state index contributed by atoms with van der Waals surface area (Å²) in [5, 5.41) is 0. The second-order valence-corrected chi connectivity index (χ2v) is 7.36. The van der Waals surface area contributed by atoms with Gasteiger partial charge in [-0.25, -0.2) is 0 Å². The van der Waals surface area contributed by atoms with Crippen LogP contribution in [0.25, 0.3) is 0 Å². The second kappa shape index (κ2) is 6.83. The lowest BCUT2D eigenvalue weighted by atomic mass is 9.67. The lowest BCUT2D eigenvalue weighted by Gasteiger charge is -2.33. The Hall–Kier alpha value is -3.42. The average molecular weight is 412 g/mol. The zero-order valence-electron chi connectivity index (χ0n) is 16.7. The first-order valence-electron chi connectivity index (χ1n) is 9.51. The SMILES string of the molecule is COc1cc([C@H]2c3cc4c(cc3C(=O)[C@H]3COC(=O)[C@@H]23)OCO4)cc(OC)c1OC. The summed E-state index contributed by atoms with van der Waals surface area (Å²) in [5.74, 6) is 0.287. The highest BCUT2D eigenvalue weighted by Gasteiger charge is 2.52. The summed E-state index contributed by atoms with van der Waals surface area (Å²) >= 11 is 0. The van der Waals surface area contributed by atoms with Gasteiger partial charge in [0.25, 0.3) is 0 Å². The van der Waals surface area contributed by atoms with Crippen LogP contribution < -0.4 is 23.7 Å². The summed E-state index contributed by atoms with van der Waals surface area (Å²) in [5.41, 5.74) is 1.96. The van der Waals surface area contributed by atoms with Gasteiger partial charge in [0.15, 0.2) is 28.8 Å². The summed E-state index contributed by atoms with van der Waals surface area (Å²) in [6.07, 6.45) is 0. The van der Waals surface area contributed by atoms with Crippen molar-refractivity contribution in [3.8, 4) is 28.7 Å². The Bertz CT molecular complexity index is 1030. The van der Waals surface area contributed by atoms with E-state index in [2.05, 4.69) is 0 Å². The molecule has 1 aliphatic carbocycles. The van der Waals surface area contributed by atoms with E-state index in [9.17, 15) is 9.59 Å². The number of benzene rings is 2. The summed E-state index contributed by atoms with van der Waals surface area (Å²) in [6, 6.07) is 7.09. The standard InChI is InChI=1S/C22H20O8/c1-25-16-4-10(5-17(26-2)21(16)27-3)18-11-6-14-15(30-9-29-14)7-12(11)20(23)13-8-28-22(24)19(13)18/h4-7,13,18-19H,8-9H2,1-3H3/t13-,18-,19+/m0/s1. The Labute approximate surface area is 172 Å². The number of esters is 1. The topological polar surface area (TPSA) is 89.5 Å². The molecule has 2 aromatic carbocycles. The van der Waals surface area contributed by atoms with Crippen LogP contribution in [0.3, 0.4) is 0 Å². The molecule has 0 N–H and O–H groups in total. The third-order valence-corrected chi connectivity index (χ3v) is 6.00. The van der Waals surface area contributed by atoms with Crippen LogP contribution in [0.1, 0.15) is 27.4 Å². The molecule has 0 amide bonds. The van der Waals surface area contributed by atoms with E-state index in [1.807, 2.05) is 0 Å². The summed E-state index contributed by atoms with van der Waals surface area (Å²) in [7, 11) is 4.59. The molecule has 0 spiro atoms. The first kappa shape index (κ1) is 18.6. The zero-order valence-corrected chi connectivity index (χ0v) is 16.7. The van der Waals surface area contributed by atoms with E-state index in [4.69, 9.17) is 28.4 Å². The molecule has 5 rings (SSSR count). The molecule has 2 aliphatic heterocycles. The quantitative estimate of drug-likeness (QED) is 0.708. The highest BCUT2D eigenvalue weighted by Crippen LogP contribution is 2.52. The third kappa shape index (κ3) is 2.52. The van der Waals surface area contributed by atoms with Crippen LogP contribution in [0, 0.1) is 11.8 Å². The van der Waals surface area contributed by atoms with Crippen molar-refractivity contribution in [2.75, 3.05) is 34.7 Å². The molecule has 156 valence electrons. The number of cyclic esters (lactones) is 1. The van der Waals surface area contributed by atoms with Gasteiger partial charge in [0, 0.05) is 11.5 Å². The van der Waals surface area contributed by atoms with Crippen molar-refractivity contribution in [3.63, 3.8) is 0 Å². The number of ketones is 1. The summed E-state index contributed by atoms with van der Waals surface area (Å²) in [6.45, 7) is 0.160. The van der Waals surface area contributed by atoms with E-state index in [0.717, 1.165) is 5.56 Å². The van der Waals surface area contributed by atoms with Crippen LogP contribution in [0.5, 0.6) is 28.7 Å². The molecular weight excluding hydrogens is 392 g/mol. The largest absolute Gasteiger partial charge is 0.493 e. The average Bonchev–Trinajstić information content (AvgIpc) is 3.38. The van der Waals surface area contributed by atoms with Crippen LogP contribution in [0.15, 0.2) is 24.3 Å². The Balaban J connectivity index is 1.75. The molecule has 0 bridgehead atoms. The molecule has 2 aromatic rings. The molecule has 0 radical (unpaired) electrons. The van der Waals surface area contributed by atoms with Crippen molar-refractivity contribution in [2.45, 2.75) is 5.92 Å². The molecule has 0 saturated carbocycles. The molecular formula is C22H20O8. The number of hydrogen-bond acceptors (Lipinski definition) is 8. The van der Waals surface area contributed by atoms with Crippen molar-refractivity contribution in [1.82, 2.24) is 0 Å². The maximum atomic E-state index is 13.2. The lowest BCUT2D eigenvalue weighted by Crippen LogP contribution is -2.36. The molecule has 0 unspecified atom stereocenters. The van der Waals surface area contributed by atoms with E-state index in [0.29, 0.717) is 39.9 Å². The van der Waals surface area contributed by atoms with Crippen LogP contribution in [0.2, 0.25) is 0 Å².